The largest absolute Gasteiger partial charge is 0.263 e. The third-order valence-electron chi connectivity index (χ3n) is 2.02. The molecule has 0 aliphatic rings. The summed E-state index contributed by atoms with van der Waals surface area (Å²) in [6.07, 6.45) is 0.712. The van der Waals surface area contributed by atoms with Crippen molar-refractivity contribution in [1.29, 1.82) is 0 Å². The van der Waals surface area contributed by atoms with Gasteiger partial charge in [0.1, 0.15) is 0 Å². The van der Waals surface area contributed by atoms with Crippen molar-refractivity contribution in [3.8, 4) is 0 Å². The summed E-state index contributed by atoms with van der Waals surface area (Å²) in [7, 11) is 0. The fourth-order valence-electron chi connectivity index (χ4n) is 1.27. The number of rotatable bonds is 4. The van der Waals surface area contributed by atoms with Crippen LogP contribution in [0.3, 0.4) is 0 Å². The first-order valence-electron chi connectivity index (χ1n) is 4.61. The molecule has 13 heavy (non-hydrogen) atoms. The second kappa shape index (κ2) is 4.95. The van der Waals surface area contributed by atoms with Gasteiger partial charge in [-0.2, -0.15) is 0 Å². The number of unbranched alkanes of at least 4 members (excludes halogenated alkanes) is 1. The minimum absolute atomic E-state index is 0.133. The first-order chi connectivity index (χ1) is 6.24. The van der Waals surface area contributed by atoms with Gasteiger partial charge in [-0.1, -0.05) is 37.6 Å². The zero-order chi connectivity index (χ0) is 9.68. The maximum Gasteiger partial charge on any atom is 0.263 e. The van der Waals surface area contributed by atoms with Crippen LogP contribution in [0.5, 0.6) is 0 Å². The normalized spacial score (nSPS) is 10.8. The number of halogens is 2. The molecule has 0 heterocycles. The van der Waals surface area contributed by atoms with E-state index in [0.29, 0.717) is 0 Å². The van der Waals surface area contributed by atoms with E-state index in [1.807, 2.05) is 6.07 Å². The van der Waals surface area contributed by atoms with E-state index in [1.54, 1.807) is 12.1 Å². The molecular formula is C11H14F2. The Balaban J connectivity index is 2.68. The first kappa shape index (κ1) is 10.2. The quantitative estimate of drug-likeness (QED) is 0.664. The highest BCUT2D eigenvalue weighted by Crippen LogP contribution is 2.20. The predicted octanol–water partition coefficient (Wildman–Crippen LogP) is 3.97. The van der Waals surface area contributed by atoms with E-state index in [9.17, 15) is 8.78 Å². The van der Waals surface area contributed by atoms with Crippen molar-refractivity contribution in [3.63, 3.8) is 0 Å². The van der Waals surface area contributed by atoms with Crippen molar-refractivity contribution in [2.45, 2.75) is 32.6 Å². The Bertz CT molecular complexity index is 256. The molecule has 0 N–H and O–H groups in total. The first-order valence-corrected chi connectivity index (χ1v) is 4.61. The van der Waals surface area contributed by atoms with Gasteiger partial charge in [-0.3, -0.25) is 0 Å². The Morgan fingerprint density at radius 2 is 2.08 bits per heavy atom. The highest BCUT2D eigenvalue weighted by Gasteiger charge is 2.06. The van der Waals surface area contributed by atoms with Crippen molar-refractivity contribution in [3.05, 3.63) is 35.4 Å². The molecule has 0 atom stereocenters. The smallest absolute Gasteiger partial charge is 0.205 e. The Morgan fingerprint density at radius 3 is 2.69 bits per heavy atom. The summed E-state index contributed by atoms with van der Waals surface area (Å²) < 4.78 is 24.5. The van der Waals surface area contributed by atoms with Crippen LogP contribution in [0.15, 0.2) is 24.3 Å². The van der Waals surface area contributed by atoms with Crippen LogP contribution in [0.4, 0.5) is 8.78 Å². The Morgan fingerprint density at radius 1 is 1.31 bits per heavy atom. The SMILES string of the molecule is CCCCc1cccc(C(F)F)c1. The number of aryl methyl sites for hydroxylation is 1. The lowest BCUT2D eigenvalue weighted by atomic mass is 10.1. The summed E-state index contributed by atoms with van der Waals surface area (Å²) in [6.45, 7) is 2.09. The monoisotopic (exact) mass is 184 g/mol. The number of hydrogen-bond donors (Lipinski definition) is 0. The third-order valence-corrected chi connectivity index (χ3v) is 2.02. The molecule has 0 spiro atoms. The fraction of sp³-hybridized carbons (Fsp3) is 0.455. The second-order valence-electron chi connectivity index (χ2n) is 3.15. The van der Waals surface area contributed by atoms with Crippen LogP contribution in [0.2, 0.25) is 0 Å². The number of hydrogen-bond acceptors (Lipinski definition) is 0. The van der Waals surface area contributed by atoms with E-state index in [0.717, 1.165) is 24.8 Å². The Hall–Kier alpha value is -0.920. The highest BCUT2D eigenvalue weighted by atomic mass is 19.3. The summed E-state index contributed by atoms with van der Waals surface area (Å²) in [5, 5.41) is 0. The van der Waals surface area contributed by atoms with Crippen molar-refractivity contribution in [2.24, 2.45) is 0 Å². The van der Waals surface area contributed by atoms with E-state index in [1.165, 1.54) is 6.07 Å². The summed E-state index contributed by atoms with van der Waals surface area (Å²) in [5.74, 6) is 0. The van der Waals surface area contributed by atoms with Gasteiger partial charge in [0, 0.05) is 5.56 Å². The van der Waals surface area contributed by atoms with Gasteiger partial charge < -0.3 is 0 Å². The molecule has 1 aromatic carbocycles. The lowest BCUT2D eigenvalue weighted by molar-refractivity contribution is 0.151. The average molecular weight is 184 g/mol. The summed E-state index contributed by atoms with van der Waals surface area (Å²) >= 11 is 0. The molecule has 1 rings (SSSR count). The van der Waals surface area contributed by atoms with E-state index in [-0.39, 0.29) is 5.56 Å². The van der Waals surface area contributed by atoms with Crippen LogP contribution < -0.4 is 0 Å². The Kier molecular flexibility index (Phi) is 3.87. The number of alkyl halides is 2. The van der Waals surface area contributed by atoms with E-state index in [2.05, 4.69) is 6.92 Å². The van der Waals surface area contributed by atoms with Gasteiger partial charge in [-0.05, 0) is 18.4 Å². The van der Waals surface area contributed by atoms with Crippen LogP contribution in [0, 0.1) is 0 Å². The van der Waals surface area contributed by atoms with Gasteiger partial charge in [-0.15, -0.1) is 0 Å². The maximum absolute atomic E-state index is 12.3. The number of benzene rings is 1. The molecule has 0 unspecified atom stereocenters. The minimum Gasteiger partial charge on any atom is -0.205 e. The molecule has 0 aliphatic carbocycles. The molecule has 0 saturated carbocycles. The fourth-order valence-corrected chi connectivity index (χ4v) is 1.27. The van der Waals surface area contributed by atoms with Crippen molar-refractivity contribution in [1.82, 2.24) is 0 Å². The van der Waals surface area contributed by atoms with Crippen molar-refractivity contribution < 1.29 is 8.78 Å². The predicted molar refractivity (Wildman–Crippen MR) is 50.0 cm³/mol. The van der Waals surface area contributed by atoms with Gasteiger partial charge in [0.05, 0.1) is 0 Å². The minimum atomic E-state index is -2.35. The molecule has 0 aromatic heterocycles. The van der Waals surface area contributed by atoms with Crippen LogP contribution in [0.25, 0.3) is 0 Å². The summed E-state index contributed by atoms with van der Waals surface area (Å²) in [6, 6.07) is 6.68. The molecule has 0 aliphatic heterocycles. The third kappa shape index (κ3) is 3.13. The van der Waals surface area contributed by atoms with Crippen LogP contribution in [-0.4, -0.2) is 0 Å². The zero-order valence-corrected chi connectivity index (χ0v) is 7.76. The molecule has 0 saturated heterocycles. The molecule has 2 heteroatoms. The topological polar surface area (TPSA) is 0 Å². The van der Waals surface area contributed by atoms with E-state index in [4.69, 9.17) is 0 Å². The molecule has 0 bridgehead atoms. The van der Waals surface area contributed by atoms with Crippen LogP contribution >= 0.6 is 0 Å². The zero-order valence-electron chi connectivity index (χ0n) is 7.76. The summed E-state index contributed by atoms with van der Waals surface area (Å²) in [4.78, 5) is 0. The lowest BCUT2D eigenvalue weighted by Crippen LogP contribution is -1.88. The van der Waals surface area contributed by atoms with Crippen LogP contribution in [-0.2, 0) is 6.42 Å². The molecule has 0 nitrogen and oxygen atoms in total. The van der Waals surface area contributed by atoms with Gasteiger partial charge in [0.2, 0.25) is 0 Å². The van der Waals surface area contributed by atoms with E-state index >= 15 is 0 Å². The maximum atomic E-state index is 12.3. The molecule has 0 radical (unpaired) electrons. The van der Waals surface area contributed by atoms with Crippen molar-refractivity contribution in [2.75, 3.05) is 0 Å². The highest BCUT2D eigenvalue weighted by molar-refractivity contribution is 5.24. The molecule has 0 fully saturated rings. The average Bonchev–Trinajstić information content (AvgIpc) is 2.15. The van der Waals surface area contributed by atoms with E-state index < -0.39 is 6.43 Å². The molecular weight excluding hydrogens is 170 g/mol. The molecule has 0 amide bonds. The van der Waals surface area contributed by atoms with Gasteiger partial charge in [0.25, 0.3) is 6.43 Å². The van der Waals surface area contributed by atoms with Gasteiger partial charge >= 0.3 is 0 Å². The van der Waals surface area contributed by atoms with Gasteiger partial charge in [-0.25, -0.2) is 8.78 Å². The molecule has 1 aromatic rings. The summed E-state index contributed by atoms with van der Waals surface area (Å²) in [5.41, 5.74) is 1.15. The van der Waals surface area contributed by atoms with Gasteiger partial charge in [0.15, 0.2) is 0 Å². The molecule has 72 valence electrons. The lowest BCUT2D eigenvalue weighted by Gasteiger charge is -2.03. The van der Waals surface area contributed by atoms with Crippen LogP contribution in [0.1, 0.15) is 37.3 Å². The standard InChI is InChI=1S/C11H14F2/c1-2-3-5-9-6-4-7-10(8-9)11(12)13/h4,6-8,11H,2-3,5H2,1H3. The second-order valence-corrected chi connectivity index (χ2v) is 3.15. The Labute approximate surface area is 77.6 Å². The van der Waals surface area contributed by atoms with Crippen molar-refractivity contribution >= 4 is 0 Å².